The van der Waals surface area contributed by atoms with E-state index in [-0.39, 0.29) is 18.2 Å². The predicted molar refractivity (Wildman–Crippen MR) is 124 cm³/mol. The van der Waals surface area contributed by atoms with E-state index in [0.717, 1.165) is 50.3 Å². The topological polar surface area (TPSA) is 87.9 Å². The van der Waals surface area contributed by atoms with E-state index in [1.165, 1.54) is 0 Å². The number of rotatable bonds is 7. The van der Waals surface area contributed by atoms with Gasteiger partial charge < -0.3 is 25.6 Å². The minimum Gasteiger partial charge on any atom is -0.495 e. The number of hydrogen-bond acceptors (Lipinski definition) is 5. The smallest absolute Gasteiger partial charge is 0.247 e. The fraction of sp³-hybridized carbons (Fsp3) is 0.520. The van der Waals surface area contributed by atoms with Crippen LogP contribution in [0.3, 0.4) is 0 Å². The van der Waals surface area contributed by atoms with Crippen LogP contribution in [0.4, 0.5) is 0 Å². The molecule has 1 saturated heterocycles. The summed E-state index contributed by atoms with van der Waals surface area (Å²) in [4.78, 5) is 30.2. The van der Waals surface area contributed by atoms with Gasteiger partial charge in [-0.1, -0.05) is 30.3 Å². The highest BCUT2D eigenvalue weighted by Gasteiger charge is 2.47. The van der Waals surface area contributed by atoms with Crippen LogP contribution in [0.5, 0.6) is 0 Å². The number of likely N-dealkylation sites (N-methyl/N-ethyl adjacent to an activating group) is 1. The van der Waals surface area contributed by atoms with Crippen molar-refractivity contribution < 1.29 is 14.3 Å². The Morgan fingerprint density at radius 2 is 1.91 bits per heavy atom. The van der Waals surface area contributed by atoms with Crippen LogP contribution in [-0.4, -0.2) is 74.5 Å². The lowest BCUT2D eigenvalue weighted by molar-refractivity contribution is -0.127. The molecule has 1 aromatic carbocycles. The number of amides is 2. The molecule has 0 aromatic heterocycles. The molecular formula is C25H34N4O3. The number of nitrogens with two attached hydrogens (primary N) is 1. The molecule has 4 rings (SSSR count). The maximum atomic E-state index is 13.0. The average molecular weight is 439 g/mol. The van der Waals surface area contributed by atoms with Crippen LogP contribution in [0, 0.1) is 5.41 Å². The van der Waals surface area contributed by atoms with Gasteiger partial charge in [-0.05, 0) is 45.0 Å². The van der Waals surface area contributed by atoms with Crippen LogP contribution in [-0.2, 0) is 14.3 Å². The lowest BCUT2D eigenvalue weighted by Crippen LogP contribution is -2.45. The van der Waals surface area contributed by atoms with Crippen molar-refractivity contribution in [2.45, 2.75) is 25.7 Å². The van der Waals surface area contributed by atoms with Crippen LogP contribution in [0.15, 0.2) is 53.3 Å². The van der Waals surface area contributed by atoms with E-state index in [1.54, 1.807) is 6.92 Å². The Morgan fingerprint density at radius 1 is 1.19 bits per heavy atom. The molecule has 172 valence electrons. The lowest BCUT2D eigenvalue weighted by Gasteiger charge is -2.32. The van der Waals surface area contributed by atoms with E-state index in [0.29, 0.717) is 24.5 Å². The van der Waals surface area contributed by atoms with Crippen LogP contribution in [0.2, 0.25) is 0 Å². The minimum absolute atomic E-state index is 0.00907. The number of primary amides is 1. The van der Waals surface area contributed by atoms with E-state index in [4.69, 9.17) is 10.5 Å². The number of piperazine rings is 1. The van der Waals surface area contributed by atoms with Crippen LogP contribution in [0.25, 0.3) is 0 Å². The molecule has 1 aromatic rings. The molecule has 0 radical (unpaired) electrons. The number of allylic oxidation sites excluding steroid dienone is 1. The van der Waals surface area contributed by atoms with Crippen molar-refractivity contribution in [3.8, 4) is 0 Å². The normalized spacial score (nSPS) is 26.3. The van der Waals surface area contributed by atoms with E-state index < -0.39 is 11.3 Å². The third-order valence-corrected chi connectivity index (χ3v) is 6.98. The van der Waals surface area contributed by atoms with Gasteiger partial charge in [-0.25, -0.2) is 0 Å². The molecule has 7 nitrogen and oxygen atoms in total. The minimum atomic E-state index is -1.01. The summed E-state index contributed by atoms with van der Waals surface area (Å²) in [5.74, 6) is 0.0176. The predicted octanol–water partition coefficient (Wildman–Crippen LogP) is 1.63. The first-order chi connectivity index (χ1) is 15.4. The molecule has 2 aliphatic heterocycles. The molecular weight excluding hydrogens is 404 g/mol. The molecule has 1 fully saturated rings. The van der Waals surface area contributed by atoms with Gasteiger partial charge >= 0.3 is 0 Å². The van der Waals surface area contributed by atoms with Crippen LogP contribution < -0.4 is 11.1 Å². The molecule has 7 heteroatoms. The first kappa shape index (κ1) is 22.6. The SMILES string of the molecule is CN1CCN(CCCNC(=O)C2=CC3=C(OCC3c3ccccc3)C(C)(C(N)=O)C2)CC1. The fourth-order valence-corrected chi connectivity index (χ4v) is 4.84. The van der Waals surface area contributed by atoms with E-state index in [2.05, 4.69) is 22.2 Å². The Labute approximate surface area is 190 Å². The molecule has 2 unspecified atom stereocenters. The molecule has 32 heavy (non-hydrogen) atoms. The zero-order valence-corrected chi connectivity index (χ0v) is 19.1. The van der Waals surface area contributed by atoms with Crippen molar-refractivity contribution in [3.05, 3.63) is 58.9 Å². The zero-order chi connectivity index (χ0) is 22.7. The first-order valence-electron chi connectivity index (χ1n) is 11.5. The highest BCUT2D eigenvalue weighted by molar-refractivity contribution is 5.97. The lowest BCUT2D eigenvalue weighted by atomic mass is 9.73. The number of carbonyl (C=O) groups is 2. The molecule has 3 N–H and O–H groups in total. The quantitative estimate of drug-likeness (QED) is 0.632. The summed E-state index contributed by atoms with van der Waals surface area (Å²) in [6.45, 7) is 8.15. The summed E-state index contributed by atoms with van der Waals surface area (Å²) in [6, 6.07) is 10.0. The fourth-order valence-electron chi connectivity index (χ4n) is 4.84. The summed E-state index contributed by atoms with van der Waals surface area (Å²) < 4.78 is 6.00. The van der Waals surface area contributed by atoms with Gasteiger partial charge in [0.1, 0.15) is 11.2 Å². The van der Waals surface area contributed by atoms with Gasteiger partial charge in [-0.15, -0.1) is 0 Å². The second-order valence-electron chi connectivity index (χ2n) is 9.36. The highest BCUT2D eigenvalue weighted by Crippen LogP contribution is 2.49. The van der Waals surface area contributed by atoms with Crippen molar-refractivity contribution in [2.24, 2.45) is 11.1 Å². The number of nitrogens with one attached hydrogen (secondary N) is 1. The zero-order valence-electron chi connectivity index (χ0n) is 19.1. The largest absolute Gasteiger partial charge is 0.495 e. The van der Waals surface area contributed by atoms with Crippen molar-refractivity contribution in [2.75, 3.05) is 52.9 Å². The Kier molecular flexibility index (Phi) is 6.67. The molecule has 0 saturated carbocycles. The summed E-state index contributed by atoms with van der Waals surface area (Å²) in [5.41, 5.74) is 7.38. The van der Waals surface area contributed by atoms with Gasteiger partial charge in [0.2, 0.25) is 11.8 Å². The summed E-state index contributed by atoms with van der Waals surface area (Å²) in [7, 11) is 2.15. The number of ether oxygens (including phenoxy) is 1. The maximum Gasteiger partial charge on any atom is 0.247 e. The third kappa shape index (κ3) is 4.59. The van der Waals surface area contributed by atoms with Gasteiger partial charge in [0.05, 0.1) is 6.61 Å². The van der Waals surface area contributed by atoms with Gasteiger partial charge in [0.25, 0.3) is 0 Å². The Morgan fingerprint density at radius 3 is 2.59 bits per heavy atom. The molecule has 0 bridgehead atoms. The van der Waals surface area contributed by atoms with Gasteiger partial charge in [-0.2, -0.15) is 0 Å². The monoisotopic (exact) mass is 438 g/mol. The Bertz CT molecular complexity index is 918. The number of hydrogen-bond donors (Lipinski definition) is 2. The maximum absolute atomic E-state index is 13.0. The highest BCUT2D eigenvalue weighted by atomic mass is 16.5. The van der Waals surface area contributed by atoms with Crippen molar-refractivity contribution in [1.82, 2.24) is 15.1 Å². The van der Waals surface area contributed by atoms with Crippen molar-refractivity contribution >= 4 is 11.8 Å². The molecule has 1 aliphatic carbocycles. The summed E-state index contributed by atoms with van der Waals surface area (Å²) in [6.07, 6.45) is 3.08. The molecule has 2 amide bonds. The Hall–Kier alpha value is -2.64. The molecule has 2 atom stereocenters. The van der Waals surface area contributed by atoms with Gasteiger partial charge in [0, 0.05) is 49.8 Å². The summed E-state index contributed by atoms with van der Waals surface area (Å²) >= 11 is 0. The van der Waals surface area contributed by atoms with Gasteiger partial charge in [0.15, 0.2) is 0 Å². The van der Waals surface area contributed by atoms with Crippen molar-refractivity contribution in [3.63, 3.8) is 0 Å². The first-order valence-corrected chi connectivity index (χ1v) is 11.5. The van der Waals surface area contributed by atoms with Crippen LogP contribution >= 0.6 is 0 Å². The summed E-state index contributed by atoms with van der Waals surface area (Å²) in [5, 5.41) is 3.05. The van der Waals surface area contributed by atoms with E-state index in [1.807, 2.05) is 36.4 Å². The molecule has 2 heterocycles. The van der Waals surface area contributed by atoms with Crippen LogP contribution in [0.1, 0.15) is 31.2 Å². The second-order valence-corrected chi connectivity index (χ2v) is 9.36. The third-order valence-electron chi connectivity index (χ3n) is 6.98. The van der Waals surface area contributed by atoms with E-state index in [9.17, 15) is 9.59 Å². The molecule has 0 spiro atoms. The Balaban J connectivity index is 1.44. The number of nitrogens with zero attached hydrogens (tertiary/aromatic N) is 2. The number of carbonyl (C=O) groups excluding carboxylic acids is 2. The van der Waals surface area contributed by atoms with Crippen molar-refractivity contribution in [1.29, 1.82) is 0 Å². The second kappa shape index (κ2) is 9.46. The number of benzene rings is 1. The standard InChI is InChI=1S/C25H34N4O3/c1-25(24(26)31)16-19(23(30)27-9-6-10-29-13-11-28(2)12-14-29)15-20-21(17-32-22(20)25)18-7-4-3-5-8-18/h3-5,7-8,15,21H,6,9-14,16-17H2,1-2H3,(H2,26,31)(H,27,30). The molecule has 3 aliphatic rings. The van der Waals surface area contributed by atoms with E-state index >= 15 is 0 Å². The van der Waals surface area contributed by atoms with Gasteiger partial charge in [-0.3, -0.25) is 9.59 Å². The average Bonchev–Trinajstić information content (AvgIpc) is 3.23.